The van der Waals surface area contributed by atoms with Gasteiger partial charge in [-0.25, -0.2) is 0 Å². The molecule has 2 aromatic rings. The first-order valence-corrected chi connectivity index (χ1v) is 8.01. The molecule has 3 rings (SSSR count). The van der Waals surface area contributed by atoms with Gasteiger partial charge in [-0.1, -0.05) is 23.2 Å². The van der Waals surface area contributed by atoms with E-state index in [0.29, 0.717) is 28.4 Å². The zero-order chi connectivity index (χ0) is 15.7. The molecule has 0 bridgehead atoms. The molecule has 1 aliphatic rings. The third-order valence-corrected chi connectivity index (χ3v) is 4.68. The summed E-state index contributed by atoms with van der Waals surface area (Å²) in [5.41, 5.74) is 0.735. The minimum atomic E-state index is -0.284. The second kappa shape index (κ2) is 6.54. The van der Waals surface area contributed by atoms with Gasteiger partial charge in [0.05, 0.1) is 22.2 Å². The molecule has 2 heterocycles. The smallest absolute Gasteiger partial charge is 0.247 e. The monoisotopic (exact) mass is 341 g/mol. The number of hydrogen-bond donors (Lipinski definition) is 1. The number of aliphatic hydroxyl groups is 1. The number of benzene rings is 1. The van der Waals surface area contributed by atoms with E-state index in [1.54, 1.807) is 18.2 Å². The molecule has 1 aliphatic heterocycles. The number of β-amino-alcohol motifs (C(OH)–C–C–N with tert-alkyl or cyclic N) is 1. The van der Waals surface area contributed by atoms with Crippen molar-refractivity contribution in [2.75, 3.05) is 13.1 Å². The van der Waals surface area contributed by atoms with Gasteiger partial charge in [-0.2, -0.15) is 0 Å². The Balaban J connectivity index is 1.79. The van der Waals surface area contributed by atoms with Gasteiger partial charge in [-0.15, -0.1) is 10.2 Å². The molecule has 1 fully saturated rings. The molecule has 1 N–H and O–H groups in total. The van der Waals surface area contributed by atoms with Gasteiger partial charge in [-0.3, -0.25) is 4.90 Å². The molecule has 1 aromatic heterocycles. The molecule has 0 spiro atoms. The summed E-state index contributed by atoms with van der Waals surface area (Å²) in [4.78, 5) is 2.15. The number of piperidine rings is 1. The Morgan fingerprint density at radius 2 is 2.14 bits per heavy atom. The van der Waals surface area contributed by atoms with Crippen molar-refractivity contribution in [2.45, 2.75) is 31.9 Å². The number of hydrogen-bond acceptors (Lipinski definition) is 5. The van der Waals surface area contributed by atoms with Crippen molar-refractivity contribution in [2.24, 2.45) is 0 Å². The number of halogens is 2. The van der Waals surface area contributed by atoms with Crippen LogP contribution >= 0.6 is 23.2 Å². The lowest BCUT2D eigenvalue weighted by molar-refractivity contribution is 0.0439. The molecule has 2 unspecified atom stereocenters. The summed E-state index contributed by atoms with van der Waals surface area (Å²) in [6.45, 7) is 3.55. The summed E-state index contributed by atoms with van der Waals surface area (Å²) in [6.07, 6.45) is 1.54. The second-order valence-corrected chi connectivity index (χ2v) is 6.36. The lowest BCUT2D eigenvalue weighted by Gasteiger charge is -2.33. The van der Waals surface area contributed by atoms with E-state index in [0.717, 1.165) is 24.9 Å². The third kappa shape index (κ3) is 3.27. The Bertz CT molecular complexity index is 662. The molecule has 0 aliphatic carbocycles. The summed E-state index contributed by atoms with van der Waals surface area (Å²) in [5, 5.41) is 18.9. The van der Waals surface area contributed by atoms with Gasteiger partial charge in [0.1, 0.15) is 0 Å². The van der Waals surface area contributed by atoms with E-state index in [4.69, 9.17) is 27.6 Å². The second-order valence-electron chi connectivity index (χ2n) is 5.54. The summed E-state index contributed by atoms with van der Waals surface area (Å²) in [5.74, 6) is 0.952. The molecule has 2 atom stereocenters. The van der Waals surface area contributed by atoms with Crippen molar-refractivity contribution in [1.82, 2.24) is 15.1 Å². The van der Waals surface area contributed by atoms with E-state index in [1.807, 2.05) is 6.92 Å². The average molecular weight is 342 g/mol. The molecular weight excluding hydrogens is 325 g/mol. The van der Waals surface area contributed by atoms with E-state index >= 15 is 0 Å². The van der Waals surface area contributed by atoms with Crippen molar-refractivity contribution >= 4 is 23.2 Å². The van der Waals surface area contributed by atoms with Crippen LogP contribution in [0.3, 0.4) is 0 Å². The minimum Gasteiger partial charge on any atom is -0.419 e. The van der Waals surface area contributed by atoms with E-state index in [2.05, 4.69) is 15.1 Å². The van der Waals surface area contributed by atoms with Gasteiger partial charge in [0.2, 0.25) is 11.8 Å². The van der Waals surface area contributed by atoms with Gasteiger partial charge in [0, 0.05) is 12.1 Å². The molecule has 0 amide bonds. The topological polar surface area (TPSA) is 62.4 Å². The standard InChI is InChI=1S/C15H17Cl2N3O2/c1-9(20-6-2-3-11(21)8-20)14-18-19-15(22-14)10-4-5-12(16)13(17)7-10/h4-5,7,9,11,21H,2-3,6,8H2,1H3. The fourth-order valence-corrected chi connectivity index (χ4v) is 2.94. The fourth-order valence-electron chi connectivity index (χ4n) is 2.64. The van der Waals surface area contributed by atoms with Crippen molar-refractivity contribution in [1.29, 1.82) is 0 Å². The van der Waals surface area contributed by atoms with Gasteiger partial charge < -0.3 is 9.52 Å². The lowest BCUT2D eigenvalue weighted by atomic mass is 10.1. The van der Waals surface area contributed by atoms with Crippen molar-refractivity contribution < 1.29 is 9.52 Å². The molecular formula is C15H17Cl2N3O2. The van der Waals surface area contributed by atoms with Crippen molar-refractivity contribution in [3.8, 4) is 11.5 Å². The van der Waals surface area contributed by atoms with Crippen LogP contribution in [-0.4, -0.2) is 39.4 Å². The van der Waals surface area contributed by atoms with Crippen LogP contribution in [0.4, 0.5) is 0 Å². The quantitative estimate of drug-likeness (QED) is 0.924. The molecule has 5 nitrogen and oxygen atoms in total. The summed E-state index contributed by atoms with van der Waals surface area (Å²) in [7, 11) is 0. The van der Waals surface area contributed by atoms with Crippen LogP contribution in [0.25, 0.3) is 11.5 Å². The first-order chi connectivity index (χ1) is 10.5. The van der Waals surface area contributed by atoms with Crippen molar-refractivity contribution in [3.63, 3.8) is 0 Å². The van der Waals surface area contributed by atoms with Crippen LogP contribution in [0.5, 0.6) is 0 Å². The van der Waals surface area contributed by atoms with Crippen LogP contribution in [0.1, 0.15) is 31.7 Å². The Kier molecular flexibility index (Phi) is 4.68. The zero-order valence-electron chi connectivity index (χ0n) is 12.2. The predicted molar refractivity (Wildman–Crippen MR) is 85.0 cm³/mol. The summed E-state index contributed by atoms with van der Waals surface area (Å²) < 4.78 is 5.77. The first kappa shape index (κ1) is 15.7. The maximum absolute atomic E-state index is 9.78. The van der Waals surface area contributed by atoms with Crippen LogP contribution in [0, 0.1) is 0 Å². The third-order valence-electron chi connectivity index (χ3n) is 3.94. The van der Waals surface area contributed by atoms with Gasteiger partial charge in [-0.05, 0) is 44.5 Å². The number of likely N-dealkylation sites (tertiary alicyclic amines) is 1. The Labute approximate surface area is 138 Å². The number of aliphatic hydroxyl groups excluding tert-OH is 1. The Hall–Kier alpha value is -1.14. The minimum absolute atomic E-state index is 0.0287. The molecule has 22 heavy (non-hydrogen) atoms. The maximum atomic E-state index is 9.78. The van der Waals surface area contributed by atoms with Crippen LogP contribution in [0.15, 0.2) is 22.6 Å². The van der Waals surface area contributed by atoms with Crippen molar-refractivity contribution in [3.05, 3.63) is 34.1 Å². The van der Waals surface area contributed by atoms with E-state index in [1.165, 1.54) is 0 Å². The predicted octanol–water partition coefficient (Wildman–Crippen LogP) is 3.56. The van der Waals surface area contributed by atoms with E-state index in [9.17, 15) is 5.11 Å². The number of nitrogens with zero attached hydrogens (tertiary/aromatic N) is 3. The van der Waals surface area contributed by atoms with Gasteiger partial charge in [0.15, 0.2) is 0 Å². The summed E-state index contributed by atoms with van der Waals surface area (Å²) in [6, 6.07) is 5.17. The largest absolute Gasteiger partial charge is 0.419 e. The molecule has 0 saturated carbocycles. The SMILES string of the molecule is CC(c1nnc(-c2ccc(Cl)c(Cl)c2)o1)N1CCCC(O)C1. The Morgan fingerprint density at radius 3 is 2.86 bits per heavy atom. The van der Waals surface area contributed by atoms with Gasteiger partial charge in [0.25, 0.3) is 0 Å². The maximum Gasteiger partial charge on any atom is 0.247 e. The highest BCUT2D eigenvalue weighted by Crippen LogP contribution is 2.30. The Morgan fingerprint density at radius 1 is 1.32 bits per heavy atom. The normalized spacial score (nSPS) is 21.0. The molecule has 7 heteroatoms. The van der Waals surface area contributed by atoms with Gasteiger partial charge >= 0.3 is 0 Å². The lowest BCUT2D eigenvalue weighted by Crippen LogP contribution is -2.39. The van der Waals surface area contributed by atoms with Crippen LogP contribution < -0.4 is 0 Å². The number of aromatic nitrogens is 2. The molecule has 1 saturated heterocycles. The molecule has 118 valence electrons. The average Bonchev–Trinajstić information content (AvgIpc) is 2.99. The van der Waals surface area contributed by atoms with Crippen LogP contribution in [0.2, 0.25) is 10.0 Å². The molecule has 1 aromatic carbocycles. The highest BCUT2D eigenvalue weighted by molar-refractivity contribution is 6.42. The molecule has 0 radical (unpaired) electrons. The highest BCUT2D eigenvalue weighted by atomic mass is 35.5. The highest BCUT2D eigenvalue weighted by Gasteiger charge is 2.26. The van der Waals surface area contributed by atoms with E-state index < -0.39 is 0 Å². The van der Waals surface area contributed by atoms with Crippen LogP contribution in [-0.2, 0) is 0 Å². The number of rotatable bonds is 3. The first-order valence-electron chi connectivity index (χ1n) is 7.25. The zero-order valence-corrected chi connectivity index (χ0v) is 13.7. The van der Waals surface area contributed by atoms with E-state index in [-0.39, 0.29) is 12.1 Å². The summed E-state index contributed by atoms with van der Waals surface area (Å²) >= 11 is 11.9. The fraction of sp³-hybridized carbons (Fsp3) is 0.467.